The molecule has 0 saturated heterocycles. The second-order valence-corrected chi connectivity index (χ2v) is 6.38. The lowest BCUT2D eigenvalue weighted by atomic mass is 10.2. The predicted octanol–water partition coefficient (Wildman–Crippen LogP) is 1.76. The molecular weight excluding hydrogens is 366 g/mol. The zero-order valence-corrected chi connectivity index (χ0v) is 15.2. The first-order chi connectivity index (χ1) is 13.2. The number of benzene rings is 1. The van der Waals surface area contributed by atoms with E-state index in [9.17, 15) is 4.79 Å². The number of aryl methyl sites for hydroxylation is 1. The lowest BCUT2D eigenvalue weighted by molar-refractivity contribution is 0.0949. The molecule has 0 aliphatic rings. The summed E-state index contributed by atoms with van der Waals surface area (Å²) in [6.07, 6.45) is 0. The average Bonchev–Trinajstić information content (AvgIpc) is 3.31. The SMILES string of the molecule is Cc1nnsc1C(=O)NCCOc1ccc2nnc(-c3ccccc3)n2n1. The molecule has 1 amide bonds. The summed E-state index contributed by atoms with van der Waals surface area (Å²) in [6.45, 7) is 2.36. The van der Waals surface area contributed by atoms with Gasteiger partial charge in [0.25, 0.3) is 5.91 Å². The maximum atomic E-state index is 12.0. The first-order valence-electron chi connectivity index (χ1n) is 8.20. The van der Waals surface area contributed by atoms with Crippen LogP contribution in [0.2, 0.25) is 0 Å². The molecule has 27 heavy (non-hydrogen) atoms. The number of ether oxygens (including phenoxy) is 1. The summed E-state index contributed by atoms with van der Waals surface area (Å²) in [4.78, 5) is 12.5. The van der Waals surface area contributed by atoms with E-state index in [0.29, 0.717) is 34.5 Å². The molecule has 0 atom stereocenters. The van der Waals surface area contributed by atoms with Crippen molar-refractivity contribution in [2.75, 3.05) is 13.2 Å². The maximum absolute atomic E-state index is 12.0. The lowest BCUT2D eigenvalue weighted by Crippen LogP contribution is -2.28. The fourth-order valence-corrected chi connectivity index (χ4v) is 3.03. The van der Waals surface area contributed by atoms with Crippen molar-refractivity contribution in [1.29, 1.82) is 0 Å². The Kier molecular flexibility index (Phi) is 4.71. The molecule has 136 valence electrons. The molecule has 3 heterocycles. The van der Waals surface area contributed by atoms with Gasteiger partial charge in [-0.2, -0.15) is 4.52 Å². The number of aromatic nitrogens is 6. The summed E-state index contributed by atoms with van der Waals surface area (Å²) in [5, 5.41) is 19.3. The van der Waals surface area contributed by atoms with Crippen LogP contribution >= 0.6 is 11.5 Å². The smallest absolute Gasteiger partial charge is 0.265 e. The van der Waals surface area contributed by atoms with Crippen molar-refractivity contribution in [3.63, 3.8) is 0 Å². The molecule has 0 aliphatic heterocycles. The molecule has 0 saturated carbocycles. The minimum Gasteiger partial charge on any atom is -0.475 e. The molecule has 4 aromatic rings. The van der Waals surface area contributed by atoms with Gasteiger partial charge in [-0.3, -0.25) is 4.79 Å². The predicted molar refractivity (Wildman–Crippen MR) is 98.7 cm³/mol. The molecule has 1 N–H and O–H groups in total. The Labute approximate surface area is 158 Å². The number of nitrogens with one attached hydrogen (secondary N) is 1. The summed E-state index contributed by atoms with van der Waals surface area (Å²) in [7, 11) is 0. The highest BCUT2D eigenvalue weighted by molar-refractivity contribution is 7.07. The fourth-order valence-electron chi connectivity index (χ4n) is 2.46. The van der Waals surface area contributed by atoms with E-state index in [0.717, 1.165) is 17.1 Å². The quantitative estimate of drug-likeness (QED) is 0.507. The topological polar surface area (TPSA) is 107 Å². The summed E-state index contributed by atoms with van der Waals surface area (Å²) >= 11 is 1.07. The van der Waals surface area contributed by atoms with Crippen LogP contribution in [-0.2, 0) is 0 Å². The van der Waals surface area contributed by atoms with Gasteiger partial charge in [0.1, 0.15) is 11.5 Å². The van der Waals surface area contributed by atoms with E-state index in [1.165, 1.54) is 0 Å². The third-order valence-corrected chi connectivity index (χ3v) is 4.59. The van der Waals surface area contributed by atoms with Crippen molar-refractivity contribution < 1.29 is 9.53 Å². The van der Waals surface area contributed by atoms with Gasteiger partial charge >= 0.3 is 0 Å². The van der Waals surface area contributed by atoms with Crippen molar-refractivity contribution in [1.82, 2.24) is 34.7 Å². The zero-order chi connectivity index (χ0) is 18.6. The summed E-state index contributed by atoms with van der Waals surface area (Å²) < 4.78 is 11.0. The summed E-state index contributed by atoms with van der Waals surface area (Å²) in [6, 6.07) is 13.2. The van der Waals surface area contributed by atoms with E-state index in [1.807, 2.05) is 30.3 Å². The van der Waals surface area contributed by atoms with Gasteiger partial charge in [-0.25, -0.2) is 0 Å². The van der Waals surface area contributed by atoms with Crippen LogP contribution in [0.25, 0.3) is 17.0 Å². The number of nitrogens with zero attached hydrogens (tertiary/aromatic N) is 6. The highest BCUT2D eigenvalue weighted by Crippen LogP contribution is 2.18. The van der Waals surface area contributed by atoms with E-state index in [1.54, 1.807) is 23.6 Å². The molecule has 0 radical (unpaired) electrons. The first-order valence-corrected chi connectivity index (χ1v) is 8.97. The van der Waals surface area contributed by atoms with Crippen LogP contribution < -0.4 is 10.1 Å². The Morgan fingerprint density at radius 1 is 1.15 bits per heavy atom. The number of carbonyl (C=O) groups is 1. The standard InChI is InChI=1S/C17H15N7O2S/c1-11-15(27-23-19-11)17(25)18-9-10-26-14-8-7-13-20-21-16(24(13)22-14)12-5-3-2-4-6-12/h2-8H,9-10H2,1H3,(H,18,25). The van der Waals surface area contributed by atoms with E-state index in [2.05, 4.69) is 30.2 Å². The van der Waals surface area contributed by atoms with Crippen LogP contribution in [-0.4, -0.2) is 48.5 Å². The largest absolute Gasteiger partial charge is 0.475 e. The van der Waals surface area contributed by atoms with Crippen molar-refractivity contribution in [2.24, 2.45) is 0 Å². The molecule has 9 nitrogen and oxygen atoms in total. The van der Waals surface area contributed by atoms with E-state index < -0.39 is 0 Å². The Bertz CT molecular complexity index is 1080. The van der Waals surface area contributed by atoms with Crippen LogP contribution in [0.15, 0.2) is 42.5 Å². The lowest BCUT2D eigenvalue weighted by Gasteiger charge is -2.07. The van der Waals surface area contributed by atoms with Crippen LogP contribution in [0.4, 0.5) is 0 Å². The van der Waals surface area contributed by atoms with Gasteiger partial charge in [0.05, 0.1) is 12.2 Å². The third-order valence-electron chi connectivity index (χ3n) is 3.77. The second kappa shape index (κ2) is 7.46. The van der Waals surface area contributed by atoms with Crippen LogP contribution in [0, 0.1) is 6.92 Å². The van der Waals surface area contributed by atoms with Gasteiger partial charge < -0.3 is 10.1 Å². The molecule has 0 fully saturated rings. The Hall–Kier alpha value is -3.40. The van der Waals surface area contributed by atoms with Gasteiger partial charge in [0.15, 0.2) is 11.5 Å². The first kappa shape index (κ1) is 17.0. The molecule has 3 aromatic heterocycles. The normalized spacial score (nSPS) is 10.9. The number of hydrogen-bond donors (Lipinski definition) is 1. The average molecular weight is 381 g/mol. The van der Waals surface area contributed by atoms with Gasteiger partial charge in [-0.15, -0.1) is 20.4 Å². The molecule has 0 bridgehead atoms. The highest BCUT2D eigenvalue weighted by Gasteiger charge is 2.13. The van der Waals surface area contributed by atoms with Gasteiger partial charge in [-0.1, -0.05) is 34.8 Å². The van der Waals surface area contributed by atoms with E-state index in [4.69, 9.17) is 4.74 Å². The monoisotopic (exact) mass is 381 g/mol. The van der Waals surface area contributed by atoms with Crippen molar-refractivity contribution >= 4 is 23.1 Å². The fraction of sp³-hybridized carbons (Fsp3) is 0.176. The van der Waals surface area contributed by atoms with Gasteiger partial charge in [0.2, 0.25) is 5.88 Å². The minimum atomic E-state index is -0.209. The number of carbonyl (C=O) groups excluding carboxylic acids is 1. The number of hydrogen-bond acceptors (Lipinski definition) is 8. The number of rotatable bonds is 6. The van der Waals surface area contributed by atoms with E-state index in [-0.39, 0.29) is 12.5 Å². The summed E-state index contributed by atoms with van der Waals surface area (Å²) in [5.74, 6) is 0.849. The number of amides is 1. The molecular formula is C17H15N7O2S. The Morgan fingerprint density at radius 3 is 2.78 bits per heavy atom. The molecule has 0 aliphatic carbocycles. The highest BCUT2D eigenvalue weighted by atomic mass is 32.1. The number of fused-ring (bicyclic) bond motifs is 1. The summed E-state index contributed by atoms with van der Waals surface area (Å²) in [5.41, 5.74) is 2.16. The molecule has 0 spiro atoms. The molecule has 4 rings (SSSR count). The zero-order valence-electron chi connectivity index (χ0n) is 14.4. The Balaban J connectivity index is 1.41. The van der Waals surface area contributed by atoms with Crippen LogP contribution in [0.1, 0.15) is 15.4 Å². The van der Waals surface area contributed by atoms with Crippen LogP contribution in [0.5, 0.6) is 5.88 Å². The molecule has 10 heteroatoms. The maximum Gasteiger partial charge on any atom is 0.265 e. The van der Waals surface area contributed by atoms with Crippen LogP contribution in [0.3, 0.4) is 0 Å². The van der Waals surface area contributed by atoms with Crippen molar-refractivity contribution in [3.8, 4) is 17.3 Å². The van der Waals surface area contributed by atoms with E-state index >= 15 is 0 Å². The molecule has 1 aromatic carbocycles. The van der Waals surface area contributed by atoms with Gasteiger partial charge in [0, 0.05) is 11.6 Å². The van der Waals surface area contributed by atoms with Crippen molar-refractivity contribution in [2.45, 2.75) is 6.92 Å². The Morgan fingerprint density at radius 2 is 2.00 bits per heavy atom. The van der Waals surface area contributed by atoms with Gasteiger partial charge in [-0.05, 0) is 24.5 Å². The van der Waals surface area contributed by atoms with Crippen molar-refractivity contribution in [3.05, 3.63) is 53.0 Å². The molecule has 0 unspecified atom stereocenters. The minimum absolute atomic E-state index is 0.209. The third kappa shape index (κ3) is 3.60. The second-order valence-electron chi connectivity index (χ2n) is 5.62.